The van der Waals surface area contributed by atoms with E-state index in [1.54, 1.807) is 19.1 Å². The van der Waals surface area contributed by atoms with Crippen molar-refractivity contribution >= 4 is 46.0 Å². The standard InChI is InChI=1S/C31H26INO6/c1-15-10-23(34)21-13-20-18(25(27(21)28(15)35)17-11-22(32)29(36)24(12-17)39-2)8-9-19-26(20)31(38)33(30(19)37)14-16-6-4-3-5-7-16/h3-8,10-12,19-20,25-26,36H,9,13-14H2,1-2H3. The molecular weight excluding hydrogens is 609 g/mol. The van der Waals surface area contributed by atoms with Crippen molar-refractivity contribution in [1.29, 1.82) is 0 Å². The van der Waals surface area contributed by atoms with Crippen LogP contribution >= 0.6 is 22.6 Å². The fourth-order valence-corrected chi connectivity index (χ4v) is 7.27. The predicted molar refractivity (Wildman–Crippen MR) is 151 cm³/mol. The van der Waals surface area contributed by atoms with Crippen molar-refractivity contribution in [3.8, 4) is 11.5 Å². The maximum absolute atomic E-state index is 13.9. The number of allylic oxidation sites excluding steroid dienone is 6. The molecule has 1 aliphatic heterocycles. The number of fused-ring (bicyclic) bond motifs is 3. The SMILES string of the molecule is COc1cc(C2C3=CCC4C(=O)N(Cc5ccccc5)C(=O)C4C3CC3=C2C(=O)C(C)=CC3=O)cc(I)c1O. The summed E-state index contributed by atoms with van der Waals surface area (Å²) in [6, 6.07) is 12.9. The first kappa shape index (κ1) is 25.7. The highest BCUT2D eigenvalue weighted by Gasteiger charge is 2.56. The number of rotatable bonds is 4. The first-order valence-electron chi connectivity index (χ1n) is 12.9. The van der Waals surface area contributed by atoms with E-state index in [0.29, 0.717) is 32.3 Å². The summed E-state index contributed by atoms with van der Waals surface area (Å²) in [5, 5.41) is 10.5. The molecule has 1 N–H and O–H groups in total. The van der Waals surface area contributed by atoms with Gasteiger partial charge >= 0.3 is 0 Å². The highest BCUT2D eigenvalue weighted by molar-refractivity contribution is 14.1. The molecule has 2 amide bonds. The summed E-state index contributed by atoms with van der Waals surface area (Å²) >= 11 is 2.01. The van der Waals surface area contributed by atoms with Crippen LogP contribution in [0.3, 0.4) is 0 Å². The second-order valence-electron chi connectivity index (χ2n) is 10.5. The van der Waals surface area contributed by atoms with Gasteiger partial charge in [-0.05, 0) is 77.6 Å². The van der Waals surface area contributed by atoms with Crippen LogP contribution in [0.4, 0.5) is 0 Å². The van der Waals surface area contributed by atoms with Crippen molar-refractivity contribution in [2.45, 2.75) is 32.2 Å². The van der Waals surface area contributed by atoms with E-state index in [4.69, 9.17) is 4.74 Å². The molecule has 198 valence electrons. The second kappa shape index (κ2) is 9.59. The molecule has 7 nitrogen and oxygen atoms in total. The average Bonchev–Trinajstić information content (AvgIpc) is 3.17. The highest BCUT2D eigenvalue weighted by atomic mass is 127. The van der Waals surface area contributed by atoms with Crippen LogP contribution in [0.25, 0.3) is 0 Å². The highest BCUT2D eigenvalue weighted by Crippen LogP contribution is 2.56. The lowest BCUT2D eigenvalue weighted by Crippen LogP contribution is -2.39. The van der Waals surface area contributed by atoms with Gasteiger partial charge in [0.25, 0.3) is 0 Å². The van der Waals surface area contributed by atoms with Crippen LogP contribution < -0.4 is 4.74 Å². The zero-order valence-corrected chi connectivity index (χ0v) is 23.6. The number of halogens is 1. The van der Waals surface area contributed by atoms with Crippen LogP contribution in [0.15, 0.2) is 76.9 Å². The number of hydrogen-bond donors (Lipinski definition) is 1. The molecule has 2 aromatic rings. The van der Waals surface area contributed by atoms with E-state index in [9.17, 15) is 24.3 Å². The first-order valence-corrected chi connectivity index (χ1v) is 13.9. The van der Waals surface area contributed by atoms with Crippen molar-refractivity contribution in [2.75, 3.05) is 7.11 Å². The summed E-state index contributed by atoms with van der Waals surface area (Å²) in [7, 11) is 1.46. The molecule has 8 heteroatoms. The first-order chi connectivity index (χ1) is 18.7. The van der Waals surface area contributed by atoms with Crippen LogP contribution in [-0.2, 0) is 25.7 Å². The van der Waals surface area contributed by atoms with Gasteiger partial charge in [0.1, 0.15) is 0 Å². The van der Waals surface area contributed by atoms with Gasteiger partial charge in [0.05, 0.1) is 29.1 Å². The number of carbonyl (C=O) groups is 4. The summed E-state index contributed by atoms with van der Waals surface area (Å²) in [6.45, 7) is 1.85. The van der Waals surface area contributed by atoms with E-state index >= 15 is 0 Å². The van der Waals surface area contributed by atoms with E-state index in [2.05, 4.69) is 0 Å². The summed E-state index contributed by atoms with van der Waals surface area (Å²) in [5.41, 5.74) is 3.64. The van der Waals surface area contributed by atoms with Gasteiger partial charge in [0.15, 0.2) is 23.1 Å². The molecule has 1 fully saturated rings. The van der Waals surface area contributed by atoms with Crippen LogP contribution in [0.5, 0.6) is 11.5 Å². The maximum Gasteiger partial charge on any atom is 0.234 e. The Labute approximate surface area is 239 Å². The van der Waals surface area contributed by atoms with Gasteiger partial charge < -0.3 is 9.84 Å². The number of aromatic hydroxyl groups is 1. The third-order valence-corrected chi connectivity index (χ3v) is 9.27. The molecule has 4 aliphatic rings. The van der Waals surface area contributed by atoms with Gasteiger partial charge in [0, 0.05) is 22.6 Å². The number of amides is 2. The molecule has 0 aromatic heterocycles. The number of ether oxygens (including phenoxy) is 1. The number of likely N-dealkylation sites (tertiary alicyclic amines) is 1. The molecule has 0 bridgehead atoms. The fourth-order valence-electron chi connectivity index (χ4n) is 6.64. The van der Waals surface area contributed by atoms with E-state index in [-0.39, 0.29) is 47.8 Å². The minimum Gasteiger partial charge on any atom is -0.504 e. The van der Waals surface area contributed by atoms with Gasteiger partial charge in [-0.15, -0.1) is 0 Å². The molecule has 1 heterocycles. The molecule has 39 heavy (non-hydrogen) atoms. The minimum absolute atomic E-state index is 0.00338. The smallest absolute Gasteiger partial charge is 0.234 e. The number of phenolic OH excluding ortho intramolecular Hbond substituents is 1. The fraction of sp³-hybridized carbons (Fsp3) is 0.290. The van der Waals surface area contributed by atoms with Crippen molar-refractivity contribution < 1.29 is 29.0 Å². The van der Waals surface area contributed by atoms with Gasteiger partial charge in [-0.2, -0.15) is 0 Å². The summed E-state index contributed by atoms with van der Waals surface area (Å²) < 4.78 is 5.96. The predicted octanol–water partition coefficient (Wildman–Crippen LogP) is 4.64. The Morgan fingerprint density at radius 2 is 1.79 bits per heavy atom. The lowest BCUT2D eigenvalue weighted by atomic mass is 9.59. The Hall–Kier alpha value is -3.53. The molecule has 3 aliphatic carbocycles. The van der Waals surface area contributed by atoms with Gasteiger partial charge in [-0.25, -0.2) is 0 Å². The average molecular weight is 635 g/mol. The molecule has 1 saturated heterocycles. The normalized spacial score (nSPS) is 26.2. The van der Waals surface area contributed by atoms with Crippen LogP contribution in [0.2, 0.25) is 0 Å². The molecule has 0 radical (unpaired) electrons. The number of ketones is 2. The van der Waals surface area contributed by atoms with Crippen molar-refractivity contribution in [3.05, 3.63) is 91.6 Å². The molecular formula is C31H26INO6. The van der Waals surface area contributed by atoms with Gasteiger partial charge in [0.2, 0.25) is 11.8 Å². The Balaban J connectivity index is 1.47. The zero-order chi connectivity index (χ0) is 27.6. The number of phenols is 1. The third kappa shape index (κ3) is 3.99. The quantitative estimate of drug-likeness (QED) is 0.228. The topological polar surface area (TPSA) is 101 Å². The lowest BCUT2D eigenvalue weighted by molar-refractivity contribution is -0.140. The van der Waals surface area contributed by atoms with Crippen molar-refractivity contribution in [1.82, 2.24) is 4.90 Å². The Morgan fingerprint density at radius 3 is 2.51 bits per heavy atom. The van der Waals surface area contributed by atoms with Crippen LogP contribution in [0.1, 0.15) is 36.8 Å². The maximum atomic E-state index is 13.9. The number of methoxy groups -OCH3 is 1. The minimum atomic E-state index is -0.606. The molecule has 2 aromatic carbocycles. The number of nitrogens with zero attached hydrogens (tertiary/aromatic N) is 1. The number of hydrogen-bond acceptors (Lipinski definition) is 6. The summed E-state index contributed by atoms with van der Waals surface area (Å²) in [6.07, 6.45) is 3.99. The largest absolute Gasteiger partial charge is 0.504 e. The Morgan fingerprint density at radius 1 is 1.05 bits per heavy atom. The molecule has 0 spiro atoms. The number of benzene rings is 2. The van der Waals surface area contributed by atoms with E-state index in [0.717, 1.165) is 11.1 Å². The van der Waals surface area contributed by atoms with Crippen LogP contribution in [0, 0.1) is 21.3 Å². The van der Waals surface area contributed by atoms with Gasteiger partial charge in [-0.3, -0.25) is 24.1 Å². The molecule has 4 unspecified atom stereocenters. The molecule has 0 saturated carbocycles. The van der Waals surface area contributed by atoms with Crippen molar-refractivity contribution in [2.24, 2.45) is 17.8 Å². The Bertz CT molecular complexity index is 1550. The monoisotopic (exact) mass is 635 g/mol. The van der Waals surface area contributed by atoms with E-state index in [1.165, 1.54) is 18.1 Å². The molecule has 6 rings (SSSR count). The zero-order valence-electron chi connectivity index (χ0n) is 21.4. The van der Waals surface area contributed by atoms with Gasteiger partial charge in [-0.1, -0.05) is 42.0 Å². The van der Waals surface area contributed by atoms with E-state index < -0.39 is 23.7 Å². The summed E-state index contributed by atoms with van der Waals surface area (Å²) in [5.74, 6) is -2.68. The number of Topliss-reactive ketones (excluding diaryl/α,β-unsaturated/α-hetero) is 1. The lowest BCUT2D eigenvalue weighted by Gasteiger charge is -2.42. The molecule has 4 atom stereocenters. The third-order valence-electron chi connectivity index (χ3n) is 8.44. The second-order valence-corrected chi connectivity index (χ2v) is 11.7. The van der Waals surface area contributed by atoms with E-state index in [1.807, 2.05) is 59.0 Å². The number of imide groups is 1. The summed E-state index contributed by atoms with van der Waals surface area (Å²) in [4.78, 5) is 55.5. The van der Waals surface area contributed by atoms with Crippen LogP contribution in [-0.4, -0.2) is 40.5 Å². The van der Waals surface area contributed by atoms with Crippen molar-refractivity contribution in [3.63, 3.8) is 0 Å². The number of carbonyl (C=O) groups excluding carboxylic acids is 4. The Kier molecular flexibility index (Phi) is 6.32.